The average molecular weight is 386 g/mol. The predicted molar refractivity (Wildman–Crippen MR) is 115 cm³/mol. The van der Waals surface area contributed by atoms with Crippen LogP contribution in [0.1, 0.15) is 12.5 Å². The minimum atomic E-state index is 0.369. The Morgan fingerprint density at radius 1 is 1.07 bits per heavy atom. The number of hydrogen-bond donors (Lipinski definition) is 1. The summed E-state index contributed by atoms with van der Waals surface area (Å²) in [5.41, 5.74) is 3.36. The van der Waals surface area contributed by atoms with Crippen LogP contribution in [-0.4, -0.2) is 49.9 Å². The van der Waals surface area contributed by atoms with Gasteiger partial charge in [0.15, 0.2) is 5.11 Å². The Labute approximate surface area is 166 Å². The third kappa shape index (κ3) is 4.45. The number of nitrogens with one attached hydrogen (secondary N) is 1. The molecule has 5 nitrogen and oxygen atoms in total. The van der Waals surface area contributed by atoms with Gasteiger partial charge in [-0.05, 0) is 50.3 Å². The predicted octanol–water partition coefficient (Wildman–Crippen LogP) is 3.92. The highest BCUT2D eigenvalue weighted by Gasteiger charge is 2.25. The first-order valence-corrected chi connectivity index (χ1v) is 9.54. The molecule has 0 aliphatic carbocycles. The number of anilines is 2. The highest BCUT2D eigenvalue weighted by atomic mass is 32.1. The van der Waals surface area contributed by atoms with Gasteiger partial charge in [-0.1, -0.05) is 17.7 Å². The smallest absolute Gasteiger partial charge is 0.173 e. The molecular weight excluding hydrogens is 358 g/mol. The van der Waals surface area contributed by atoms with Crippen LogP contribution in [0.25, 0.3) is 0 Å². The number of aryl methyl sites for hydroxylation is 1. The van der Waals surface area contributed by atoms with Gasteiger partial charge in [0.2, 0.25) is 0 Å². The summed E-state index contributed by atoms with van der Waals surface area (Å²) in [7, 11) is 3.30. The first kappa shape index (κ1) is 19.3. The lowest BCUT2D eigenvalue weighted by Gasteiger charge is -2.42. The van der Waals surface area contributed by atoms with E-state index >= 15 is 0 Å². The molecule has 1 unspecified atom stereocenters. The maximum Gasteiger partial charge on any atom is 0.173 e. The third-order valence-corrected chi connectivity index (χ3v) is 5.29. The lowest BCUT2D eigenvalue weighted by molar-refractivity contribution is 0.342. The van der Waals surface area contributed by atoms with Crippen LogP contribution in [0, 0.1) is 6.92 Å². The minimum absolute atomic E-state index is 0.369. The molecule has 0 spiro atoms. The molecule has 27 heavy (non-hydrogen) atoms. The quantitative estimate of drug-likeness (QED) is 0.804. The van der Waals surface area contributed by atoms with Crippen molar-refractivity contribution in [1.82, 2.24) is 4.90 Å². The molecule has 0 radical (unpaired) electrons. The van der Waals surface area contributed by atoms with Gasteiger partial charge in [-0.2, -0.15) is 0 Å². The first-order valence-electron chi connectivity index (χ1n) is 9.13. The molecule has 0 amide bonds. The van der Waals surface area contributed by atoms with Crippen molar-refractivity contribution in [2.45, 2.75) is 19.9 Å². The van der Waals surface area contributed by atoms with Crippen LogP contribution < -0.4 is 19.7 Å². The molecule has 1 saturated heterocycles. The number of methoxy groups -OCH3 is 2. The molecule has 1 aliphatic rings. The molecule has 0 bridgehead atoms. The Morgan fingerprint density at radius 2 is 1.81 bits per heavy atom. The number of hydrogen-bond acceptors (Lipinski definition) is 4. The summed E-state index contributed by atoms with van der Waals surface area (Å²) in [4.78, 5) is 4.65. The van der Waals surface area contributed by atoms with E-state index < -0.39 is 0 Å². The maximum atomic E-state index is 5.67. The second-order valence-corrected chi connectivity index (χ2v) is 7.21. The highest BCUT2D eigenvalue weighted by molar-refractivity contribution is 7.80. The average Bonchev–Trinajstić information content (AvgIpc) is 2.68. The Hall–Kier alpha value is -2.47. The molecule has 1 N–H and O–H groups in total. The number of ether oxygens (including phenoxy) is 2. The monoisotopic (exact) mass is 385 g/mol. The van der Waals surface area contributed by atoms with Crippen molar-refractivity contribution in [3.8, 4) is 11.5 Å². The Balaban J connectivity index is 1.66. The first-order chi connectivity index (χ1) is 13.0. The van der Waals surface area contributed by atoms with Crippen molar-refractivity contribution in [3.63, 3.8) is 0 Å². The number of piperazine rings is 1. The zero-order chi connectivity index (χ0) is 19.4. The highest BCUT2D eigenvalue weighted by Crippen LogP contribution is 2.29. The molecule has 3 rings (SSSR count). The Morgan fingerprint density at radius 3 is 2.44 bits per heavy atom. The van der Waals surface area contributed by atoms with Crippen molar-refractivity contribution in [3.05, 3.63) is 48.0 Å². The van der Waals surface area contributed by atoms with Gasteiger partial charge in [0, 0.05) is 37.4 Å². The van der Waals surface area contributed by atoms with E-state index in [0.29, 0.717) is 11.2 Å². The summed E-state index contributed by atoms with van der Waals surface area (Å²) in [5, 5.41) is 4.03. The fourth-order valence-electron chi connectivity index (χ4n) is 3.37. The number of rotatable bonds is 4. The SMILES string of the molecule is COc1ccc(OC)c(NC(=S)N2CCN(c3ccc(C)cc3)C(C)C2)c1. The van der Waals surface area contributed by atoms with Crippen molar-refractivity contribution in [2.75, 3.05) is 44.1 Å². The van der Waals surface area contributed by atoms with Crippen molar-refractivity contribution in [1.29, 1.82) is 0 Å². The molecule has 1 heterocycles. The second kappa shape index (κ2) is 8.48. The normalized spacial score (nSPS) is 16.8. The summed E-state index contributed by atoms with van der Waals surface area (Å²) < 4.78 is 10.7. The summed E-state index contributed by atoms with van der Waals surface area (Å²) in [6.07, 6.45) is 0. The van der Waals surface area contributed by atoms with Crippen LogP contribution >= 0.6 is 12.2 Å². The van der Waals surface area contributed by atoms with Gasteiger partial charge in [-0.25, -0.2) is 0 Å². The Bertz CT molecular complexity index is 795. The van der Waals surface area contributed by atoms with Gasteiger partial charge in [-0.15, -0.1) is 0 Å². The van der Waals surface area contributed by atoms with E-state index in [1.54, 1.807) is 14.2 Å². The van der Waals surface area contributed by atoms with Gasteiger partial charge in [0.05, 0.1) is 19.9 Å². The Kier molecular flexibility index (Phi) is 6.06. The van der Waals surface area contributed by atoms with E-state index in [0.717, 1.165) is 36.8 Å². The largest absolute Gasteiger partial charge is 0.497 e. The van der Waals surface area contributed by atoms with Crippen LogP contribution in [0.3, 0.4) is 0 Å². The zero-order valence-electron chi connectivity index (χ0n) is 16.4. The lowest BCUT2D eigenvalue weighted by atomic mass is 10.1. The van der Waals surface area contributed by atoms with Crippen LogP contribution in [0.2, 0.25) is 0 Å². The molecule has 2 aromatic rings. The van der Waals surface area contributed by atoms with Gasteiger partial charge < -0.3 is 24.6 Å². The van der Waals surface area contributed by atoms with E-state index in [1.165, 1.54) is 11.3 Å². The molecule has 6 heteroatoms. The molecule has 2 aromatic carbocycles. The van der Waals surface area contributed by atoms with E-state index in [1.807, 2.05) is 18.2 Å². The van der Waals surface area contributed by atoms with Gasteiger partial charge in [0.25, 0.3) is 0 Å². The lowest BCUT2D eigenvalue weighted by Crippen LogP contribution is -2.54. The van der Waals surface area contributed by atoms with E-state index in [2.05, 4.69) is 53.2 Å². The maximum absolute atomic E-state index is 5.67. The van der Waals surface area contributed by atoms with Crippen molar-refractivity contribution >= 4 is 28.7 Å². The summed E-state index contributed by atoms with van der Waals surface area (Å²) >= 11 is 5.67. The molecule has 1 atom stereocenters. The summed E-state index contributed by atoms with van der Waals surface area (Å²) in [6, 6.07) is 14.7. The number of benzene rings is 2. The van der Waals surface area contributed by atoms with Crippen molar-refractivity contribution < 1.29 is 9.47 Å². The number of nitrogens with zero attached hydrogens (tertiary/aromatic N) is 2. The van der Waals surface area contributed by atoms with E-state index in [4.69, 9.17) is 21.7 Å². The fraction of sp³-hybridized carbons (Fsp3) is 0.381. The van der Waals surface area contributed by atoms with E-state index in [9.17, 15) is 0 Å². The van der Waals surface area contributed by atoms with Gasteiger partial charge in [0.1, 0.15) is 11.5 Å². The van der Waals surface area contributed by atoms with Crippen LogP contribution in [0.5, 0.6) is 11.5 Å². The van der Waals surface area contributed by atoms with Gasteiger partial charge >= 0.3 is 0 Å². The molecule has 0 saturated carbocycles. The topological polar surface area (TPSA) is 37.0 Å². The minimum Gasteiger partial charge on any atom is -0.497 e. The molecule has 0 aromatic heterocycles. The van der Waals surface area contributed by atoms with Crippen LogP contribution in [0.15, 0.2) is 42.5 Å². The third-order valence-electron chi connectivity index (χ3n) is 4.93. The molecular formula is C21H27N3O2S. The molecule has 1 aliphatic heterocycles. The summed E-state index contributed by atoms with van der Waals surface area (Å²) in [6.45, 7) is 7.02. The van der Waals surface area contributed by atoms with Crippen LogP contribution in [-0.2, 0) is 0 Å². The standard InChI is InChI=1S/C21H27N3O2S/c1-15-5-7-17(8-6-15)24-12-11-23(14-16(24)2)21(27)22-19-13-18(25-3)9-10-20(19)26-4/h5-10,13,16H,11-12,14H2,1-4H3,(H,22,27). The second-order valence-electron chi connectivity index (χ2n) is 6.82. The van der Waals surface area contributed by atoms with Crippen LogP contribution in [0.4, 0.5) is 11.4 Å². The summed E-state index contributed by atoms with van der Waals surface area (Å²) in [5.74, 6) is 1.50. The fourth-order valence-corrected chi connectivity index (χ4v) is 3.64. The molecule has 144 valence electrons. The number of thiocarbonyl (C=S) groups is 1. The zero-order valence-corrected chi connectivity index (χ0v) is 17.2. The van der Waals surface area contributed by atoms with Gasteiger partial charge in [-0.3, -0.25) is 0 Å². The molecule has 1 fully saturated rings. The van der Waals surface area contributed by atoms with E-state index in [-0.39, 0.29) is 0 Å². The van der Waals surface area contributed by atoms with Crippen molar-refractivity contribution in [2.24, 2.45) is 0 Å².